The maximum absolute atomic E-state index is 12.4. The molecule has 0 heterocycles. The SMILES string of the molecule is CCC(=O)Nc1ccc(NC(=O)COc2ccc(C(C)(C)C)cc2C(C)(C)C)cc1. The molecule has 2 aromatic rings. The van der Waals surface area contributed by atoms with E-state index in [0.29, 0.717) is 17.8 Å². The van der Waals surface area contributed by atoms with Crippen molar-refractivity contribution in [2.24, 2.45) is 0 Å². The van der Waals surface area contributed by atoms with Gasteiger partial charge in [0.2, 0.25) is 5.91 Å². The monoisotopic (exact) mass is 410 g/mol. The number of hydrogen-bond donors (Lipinski definition) is 2. The van der Waals surface area contributed by atoms with E-state index in [1.54, 1.807) is 31.2 Å². The van der Waals surface area contributed by atoms with Gasteiger partial charge >= 0.3 is 0 Å². The van der Waals surface area contributed by atoms with Crippen molar-refractivity contribution in [3.8, 4) is 5.75 Å². The lowest BCUT2D eigenvalue weighted by Gasteiger charge is -2.27. The summed E-state index contributed by atoms with van der Waals surface area (Å²) in [7, 11) is 0. The quantitative estimate of drug-likeness (QED) is 0.647. The first kappa shape index (κ1) is 23.5. The van der Waals surface area contributed by atoms with Crippen molar-refractivity contribution in [1.82, 2.24) is 0 Å². The molecule has 0 spiro atoms. The highest BCUT2D eigenvalue weighted by molar-refractivity contribution is 5.93. The Hall–Kier alpha value is -2.82. The lowest BCUT2D eigenvalue weighted by molar-refractivity contribution is -0.118. The molecule has 5 nitrogen and oxygen atoms in total. The Bertz CT molecular complexity index is 888. The van der Waals surface area contributed by atoms with Crippen LogP contribution in [0.5, 0.6) is 5.75 Å². The van der Waals surface area contributed by atoms with Crippen molar-refractivity contribution in [2.45, 2.75) is 65.7 Å². The summed E-state index contributed by atoms with van der Waals surface area (Å²) in [6.07, 6.45) is 0.420. The van der Waals surface area contributed by atoms with Gasteiger partial charge in [0.1, 0.15) is 5.75 Å². The van der Waals surface area contributed by atoms with Crippen molar-refractivity contribution in [3.05, 3.63) is 53.6 Å². The fourth-order valence-electron chi connectivity index (χ4n) is 2.94. The number of hydrogen-bond acceptors (Lipinski definition) is 3. The van der Waals surface area contributed by atoms with Gasteiger partial charge in [-0.25, -0.2) is 0 Å². The molecule has 0 bridgehead atoms. The van der Waals surface area contributed by atoms with Gasteiger partial charge in [-0.05, 0) is 52.3 Å². The molecule has 0 aliphatic heterocycles. The average molecular weight is 411 g/mol. The predicted molar refractivity (Wildman–Crippen MR) is 123 cm³/mol. The van der Waals surface area contributed by atoms with Crippen LogP contribution < -0.4 is 15.4 Å². The summed E-state index contributed by atoms with van der Waals surface area (Å²) in [6, 6.07) is 13.2. The van der Waals surface area contributed by atoms with Crippen LogP contribution in [-0.2, 0) is 20.4 Å². The number of anilines is 2. The molecule has 0 fully saturated rings. The van der Waals surface area contributed by atoms with Gasteiger partial charge in [-0.15, -0.1) is 0 Å². The second-order valence-corrected chi connectivity index (χ2v) is 9.53. The Labute approximate surface area is 180 Å². The first-order valence-corrected chi connectivity index (χ1v) is 10.4. The third-order valence-corrected chi connectivity index (χ3v) is 4.79. The van der Waals surface area contributed by atoms with Gasteiger partial charge < -0.3 is 15.4 Å². The van der Waals surface area contributed by atoms with Gasteiger partial charge in [0.15, 0.2) is 6.61 Å². The number of amides is 2. The maximum atomic E-state index is 12.4. The van der Waals surface area contributed by atoms with Gasteiger partial charge in [-0.1, -0.05) is 60.6 Å². The Balaban J connectivity index is 2.04. The van der Waals surface area contributed by atoms with Gasteiger partial charge in [0.25, 0.3) is 5.91 Å². The number of benzene rings is 2. The molecule has 0 aliphatic carbocycles. The normalized spacial score (nSPS) is 11.7. The molecular formula is C25H34N2O3. The molecule has 0 radical (unpaired) electrons. The zero-order chi connectivity index (χ0) is 22.5. The summed E-state index contributed by atoms with van der Waals surface area (Å²) >= 11 is 0. The van der Waals surface area contributed by atoms with Crippen LogP contribution in [0.4, 0.5) is 11.4 Å². The van der Waals surface area contributed by atoms with E-state index >= 15 is 0 Å². The summed E-state index contributed by atoms with van der Waals surface area (Å²) in [4.78, 5) is 23.8. The highest BCUT2D eigenvalue weighted by atomic mass is 16.5. The van der Waals surface area contributed by atoms with Crippen LogP contribution >= 0.6 is 0 Å². The smallest absolute Gasteiger partial charge is 0.262 e. The van der Waals surface area contributed by atoms with E-state index in [4.69, 9.17) is 4.74 Å². The molecule has 0 atom stereocenters. The summed E-state index contributed by atoms with van der Waals surface area (Å²) in [5, 5.41) is 5.60. The van der Waals surface area contributed by atoms with E-state index in [-0.39, 0.29) is 29.3 Å². The Morgan fingerprint density at radius 2 is 1.33 bits per heavy atom. The van der Waals surface area contributed by atoms with E-state index in [9.17, 15) is 9.59 Å². The number of carbonyl (C=O) groups excluding carboxylic acids is 2. The van der Waals surface area contributed by atoms with Gasteiger partial charge in [0.05, 0.1) is 0 Å². The minimum Gasteiger partial charge on any atom is -0.483 e. The zero-order valence-electron chi connectivity index (χ0n) is 19.2. The molecular weight excluding hydrogens is 376 g/mol. The number of ether oxygens (including phenoxy) is 1. The molecule has 5 heteroatoms. The van der Waals surface area contributed by atoms with Crippen molar-refractivity contribution < 1.29 is 14.3 Å². The molecule has 0 saturated carbocycles. The van der Waals surface area contributed by atoms with Crippen molar-refractivity contribution in [2.75, 3.05) is 17.2 Å². The standard InChI is InChI=1S/C25H34N2O3/c1-8-22(28)26-18-10-12-19(13-11-18)27-23(29)16-30-21-14-9-17(24(2,3)4)15-20(21)25(5,6)7/h9-15H,8,16H2,1-7H3,(H,26,28)(H,27,29). The summed E-state index contributed by atoms with van der Waals surface area (Å²) < 4.78 is 5.89. The number of carbonyl (C=O) groups is 2. The lowest BCUT2D eigenvalue weighted by atomic mass is 9.80. The van der Waals surface area contributed by atoms with Gasteiger partial charge in [-0.3, -0.25) is 9.59 Å². The predicted octanol–water partition coefficient (Wildman–Crippen LogP) is 5.65. The van der Waals surface area contributed by atoms with Gasteiger partial charge in [-0.2, -0.15) is 0 Å². The third kappa shape index (κ3) is 6.61. The summed E-state index contributed by atoms with van der Waals surface area (Å²) in [6.45, 7) is 14.7. The molecule has 0 saturated heterocycles. The number of rotatable bonds is 6. The van der Waals surface area contributed by atoms with Crippen LogP contribution in [-0.4, -0.2) is 18.4 Å². The van der Waals surface area contributed by atoms with Crippen molar-refractivity contribution >= 4 is 23.2 Å². The molecule has 2 amide bonds. The highest BCUT2D eigenvalue weighted by Gasteiger charge is 2.23. The molecule has 0 unspecified atom stereocenters. The Kier molecular flexibility index (Phi) is 7.30. The third-order valence-electron chi connectivity index (χ3n) is 4.79. The molecule has 0 aromatic heterocycles. The minimum absolute atomic E-state index is 0.0403. The molecule has 2 aromatic carbocycles. The Morgan fingerprint density at radius 1 is 0.800 bits per heavy atom. The molecule has 162 valence electrons. The molecule has 2 rings (SSSR count). The first-order valence-electron chi connectivity index (χ1n) is 10.4. The van der Waals surface area contributed by atoms with Gasteiger partial charge in [0, 0.05) is 17.8 Å². The van der Waals surface area contributed by atoms with E-state index in [1.165, 1.54) is 5.56 Å². The summed E-state index contributed by atoms with van der Waals surface area (Å²) in [5.41, 5.74) is 3.60. The average Bonchev–Trinajstić information content (AvgIpc) is 2.66. The molecule has 0 aliphatic rings. The lowest BCUT2D eigenvalue weighted by Crippen LogP contribution is -2.22. The van der Waals surface area contributed by atoms with E-state index < -0.39 is 0 Å². The Morgan fingerprint density at radius 3 is 1.80 bits per heavy atom. The topological polar surface area (TPSA) is 67.4 Å². The van der Waals surface area contributed by atoms with Crippen LogP contribution in [0.2, 0.25) is 0 Å². The van der Waals surface area contributed by atoms with E-state index in [2.05, 4.69) is 64.3 Å². The van der Waals surface area contributed by atoms with Crippen LogP contribution in [0.3, 0.4) is 0 Å². The van der Waals surface area contributed by atoms with Crippen molar-refractivity contribution in [3.63, 3.8) is 0 Å². The van der Waals surface area contributed by atoms with Crippen LogP contribution in [0.1, 0.15) is 66.0 Å². The zero-order valence-corrected chi connectivity index (χ0v) is 19.2. The largest absolute Gasteiger partial charge is 0.483 e. The molecule has 2 N–H and O–H groups in total. The van der Waals surface area contributed by atoms with E-state index in [1.807, 2.05) is 6.07 Å². The minimum atomic E-state index is -0.236. The summed E-state index contributed by atoms with van der Waals surface area (Å²) in [5.74, 6) is 0.440. The van der Waals surface area contributed by atoms with Crippen LogP contribution in [0, 0.1) is 0 Å². The van der Waals surface area contributed by atoms with E-state index in [0.717, 1.165) is 11.3 Å². The maximum Gasteiger partial charge on any atom is 0.262 e. The highest BCUT2D eigenvalue weighted by Crippen LogP contribution is 2.35. The van der Waals surface area contributed by atoms with Crippen molar-refractivity contribution in [1.29, 1.82) is 0 Å². The van der Waals surface area contributed by atoms with Crippen LogP contribution in [0.25, 0.3) is 0 Å². The first-order chi connectivity index (χ1) is 13.9. The number of nitrogens with one attached hydrogen (secondary N) is 2. The van der Waals surface area contributed by atoms with Crippen LogP contribution in [0.15, 0.2) is 42.5 Å². The fraction of sp³-hybridized carbons (Fsp3) is 0.440. The second-order valence-electron chi connectivity index (χ2n) is 9.53. The fourth-order valence-corrected chi connectivity index (χ4v) is 2.94. The second kappa shape index (κ2) is 9.33. The molecule has 30 heavy (non-hydrogen) atoms.